The molecule has 0 unspecified atom stereocenters. The third-order valence-corrected chi connectivity index (χ3v) is 5.16. The number of rotatable bonds is 3. The van der Waals surface area contributed by atoms with Crippen LogP contribution in [0.25, 0.3) is 11.2 Å². The molecule has 122 valence electrons. The number of amides is 1. The molecule has 0 saturated heterocycles. The van der Waals surface area contributed by atoms with Gasteiger partial charge < -0.3 is 9.88 Å². The van der Waals surface area contributed by atoms with E-state index in [4.69, 9.17) is 11.6 Å². The van der Waals surface area contributed by atoms with Gasteiger partial charge in [0.1, 0.15) is 0 Å². The Kier molecular flexibility index (Phi) is 3.94. The molecule has 0 radical (unpaired) electrons. The minimum absolute atomic E-state index is 0.0869. The summed E-state index contributed by atoms with van der Waals surface area (Å²) >= 11 is 7.31. The summed E-state index contributed by atoms with van der Waals surface area (Å²) < 4.78 is 0. The van der Waals surface area contributed by atoms with Gasteiger partial charge in [0.05, 0.1) is 16.3 Å². The van der Waals surface area contributed by atoms with Gasteiger partial charge in [0.2, 0.25) is 5.91 Å². The Balaban J connectivity index is 1.50. The van der Waals surface area contributed by atoms with E-state index in [1.54, 1.807) is 12.3 Å². The first-order chi connectivity index (χ1) is 11.6. The number of carbonyl (C=O) groups excluding carboxylic acids is 1. The van der Waals surface area contributed by atoms with Crippen molar-refractivity contribution < 1.29 is 4.79 Å². The Morgan fingerprint density at radius 1 is 1.46 bits per heavy atom. The molecule has 1 N–H and O–H groups in total. The molecule has 2 aromatic heterocycles. The number of fused-ring (bicyclic) bond motifs is 2. The van der Waals surface area contributed by atoms with Crippen LogP contribution < -0.4 is 4.90 Å². The van der Waals surface area contributed by atoms with E-state index in [-0.39, 0.29) is 11.9 Å². The van der Waals surface area contributed by atoms with Crippen molar-refractivity contribution >= 4 is 46.1 Å². The van der Waals surface area contributed by atoms with Crippen LogP contribution >= 0.6 is 23.4 Å². The van der Waals surface area contributed by atoms with Crippen LogP contribution in [0.1, 0.15) is 12.5 Å². The molecule has 3 aromatic rings. The van der Waals surface area contributed by atoms with Gasteiger partial charge in [-0.25, -0.2) is 9.97 Å². The number of H-pyrrole nitrogens is 1. The number of hydrogen-bond donors (Lipinski definition) is 1. The normalized spacial score (nSPS) is 16.6. The maximum atomic E-state index is 12.7. The molecule has 0 bridgehead atoms. The molecule has 1 amide bonds. The van der Waals surface area contributed by atoms with Crippen LogP contribution in [0, 0.1) is 0 Å². The van der Waals surface area contributed by atoms with Crippen molar-refractivity contribution in [3.63, 3.8) is 0 Å². The predicted molar refractivity (Wildman–Crippen MR) is 96.7 cm³/mol. The van der Waals surface area contributed by atoms with E-state index in [0.29, 0.717) is 21.6 Å². The number of aromatic amines is 1. The van der Waals surface area contributed by atoms with Crippen molar-refractivity contribution in [1.29, 1.82) is 0 Å². The molecule has 1 aromatic carbocycles. The minimum Gasteiger partial charge on any atom is -0.331 e. The van der Waals surface area contributed by atoms with E-state index < -0.39 is 0 Å². The van der Waals surface area contributed by atoms with Crippen LogP contribution in [0.2, 0.25) is 5.02 Å². The molecule has 4 rings (SSSR count). The zero-order valence-electron chi connectivity index (χ0n) is 13.0. The molecule has 0 spiro atoms. The fourth-order valence-corrected chi connectivity index (χ4v) is 3.96. The lowest BCUT2D eigenvalue weighted by Gasteiger charge is -2.22. The number of aromatic nitrogens is 3. The van der Waals surface area contributed by atoms with E-state index in [0.717, 1.165) is 17.6 Å². The molecule has 24 heavy (non-hydrogen) atoms. The topological polar surface area (TPSA) is 61.9 Å². The van der Waals surface area contributed by atoms with Gasteiger partial charge in [-0.2, -0.15) is 0 Å². The predicted octanol–water partition coefficient (Wildman–Crippen LogP) is 3.68. The zero-order valence-corrected chi connectivity index (χ0v) is 14.6. The number of thioether (sulfide) groups is 1. The second kappa shape index (κ2) is 6.11. The number of pyridine rings is 1. The van der Waals surface area contributed by atoms with Crippen molar-refractivity contribution in [3.05, 3.63) is 47.1 Å². The Morgan fingerprint density at radius 3 is 3.17 bits per heavy atom. The standard InChI is InChI=1S/C17H15ClN4OS/c1-10-6-11-4-2-3-5-14(11)22(10)15(23)9-24-17-20-13-7-12(18)8-19-16(13)21-17/h2-5,7-8,10H,6,9H2,1H3,(H,19,20,21)/t10-/m1/s1. The summed E-state index contributed by atoms with van der Waals surface area (Å²) in [5, 5.41) is 1.23. The highest BCUT2D eigenvalue weighted by atomic mass is 35.5. The van der Waals surface area contributed by atoms with E-state index >= 15 is 0 Å². The average molecular weight is 359 g/mol. The molecular formula is C17H15ClN4OS. The Morgan fingerprint density at radius 2 is 2.29 bits per heavy atom. The third kappa shape index (κ3) is 2.76. The van der Waals surface area contributed by atoms with Crippen LogP contribution in [0.5, 0.6) is 0 Å². The average Bonchev–Trinajstić information content (AvgIpc) is 3.11. The summed E-state index contributed by atoms with van der Waals surface area (Å²) in [6, 6.07) is 10.0. The Hall–Kier alpha value is -2.05. The SMILES string of the molecule is C[C@@H]1Cc2ccccc2N1C(=O)CSc1nc2ncc(Cl)cc2[nH]1. The van der Waals surface area contributed by atoms with E-state index in [9.17, 15) is 4.79 Å². The highest BCUT2D eigenvalue weighted by Crippen LogP contribution is 2.32. The van der Waals surface area contributed by atoms with E-state index in [1.165, 1.54) is 17.3 Å². The number of halogens is 1. The summed E-state index contributed by atoms with van der Waals surface area (Å²) in [6.45, 7) is 2.08. The van der Waals surface area contributed by atoms with Crippen molar-refractivity contribution in [1.82, 2.24) is 15.0 Å². The van der Waals surface area contributed by atoms with Crippen molar-refractivity contribution in [2.45, 2.75) is 24.5 Å². The second-order valence-corrected chi connectivity index (χ2v) is 7.20. The summed E-state index contributed by atoms with van der Waals surface area (Å²) in [6.07, 6.45) is 2.47. The van der Waals surface area contributed by atoms with Crippen LogP contribution in [-0.2, 0) is 11.2 Å². The largest absolute Gasteiger partial charge is 0.331 e. The first kappa shape index (κ1) is 15.5. The lowest BCUT2D eigenvalue weighted by atomic mass is 10.1. The molecule has 7 heteroatoms. The van der Waals surface area contributed by atoms with Gasteiger partial charge in [0.25, 0.3) is 0 Å². The van der Waals surface area contributed by atoms with Crippen LogP contribution in [0.3, 0.4) is 0 Å². The van der Waals surface area contributed by atoms with Crippen molar-refractivity contribution in [2.24, 2.45) is 0 Å². The highest BCUT2D eigenvalue weighted by molar-refractivity contribution is 7.99. The molecule has 0 aliphatic carbocycles. The molecule has 1 aliphatic rings. The van der Waals surface area contributed by atoms with Gasteiger partial charge in [-0.15, -0.1) is 0 Å². The van der Waals surface area contributed by atoms with Crippen molar-refractivity contribution in [3.8, 4) is 0 Å². The van der Waals surface area contributed by atoms with Crippen molar-refractivity contribution in [2.75, 3.05) is 10.7 Å². The maximum Gasteiger partial charge on any atom is 0.237 e. The van der Waals surface area contributed by atoms with Crippen LogP contribution in [0.4, 0.5) is 5.69 Å². The number of para-hydroxylation sites is 1. The van der Waals surface area contributed by atoms with Gasteiger partial charge in [0, 0.05) is 17.9 Å². The highest BCUT2D eigenvalue weighted by Gasteiger charge is 2.30. The minimum atomic E-state index is 0.0869. The molecule has 1 aliphatic heterocycles. The van der Waals surface area contributed by atoms with Gasteiger partial charge in [-0.05, 0) is 31.0 Å². The maximum absolute atomic E-state index is 12.7. The molecule has 1 atom stereocenters. The van der Waals surface area contributed by atoms with Crippen LogP contribution in [-0.4, -0.2) is 32.7 Å². The number of benzene rings is 1. The van der Waals surface area contributed by atoms with Gasteiger partial charge in [0.15, 0.2) is 10.8 Å². The number of hydrogen-bond acceptors (Lipinski definition) is 4. The van der Waals surface area contributed by atoms with E-state index in [1.807, 2.05) is 23.1 Å². The fourth-order valence-electron chi connectivity index (χ4n) is 3.07. The zero-order chi connectivity index (χ0) is 16.7. The summed E-state index contributed by atoms with van der Waals surface area (Å²) in [7, 11) is 0. The first-order valence-corrected chi connectivity index (χ1v) is 9.02. The monoisotopic (exact) mass is 358 g/mol. The van der Waals surface area contributed by atoms with Gasteiger partial charge >= 0.3 is 0 Å². The second-order valence-electron chi connectivity index (χ2n) is 5.80. The summed E-state index contributed by atoms with van der Waals surface area (Å²) in [4.78, 5) is 26.3. The molecule has 0 saturated carbocycles. The Labute approximate surface area is 148 Å². The number of nitrogens with zero attached hydrogens (tertiary/aromatic N) is 3. The fraction of sp³-hybridized carbons (Fsp3) is 0.235. The molecule has 3 heterocycles. The number of carbonyl (C=O) groups is 1. The number of anilines is 1. The molecule has 5 nitrogen and oxygen atoms in total. The third-order valence-electron chi connectivity index (χ3n) is 4.09. The lowest BCUT2D eigenvalue weighted by Crippen LogP contribution is -2.36. The summed E-state index contributed by atoms with van der Waals surface area (Å²) in [5.74, 6) is 0.413. The van der Waals surface area contributed by atoms with Gasteiger partial charge in [-0.1, -0.05) is 41.6 Å². The smallest absolute Gasteiger partial charge is 0.237 e. The quantitative estimate of drug-likeness (QED) is 0.725. The van der Waals surface area contributed by atoms with Crippen LogP contribution in [0.15, 0.2) is 41.7 Å². The number of nitrogens with one attached hydrogen (secondary N) is 1. The Bertz CT molecular complexity index is 926. The first-order valence-electron chi connectivity index (χ1n) is 7.66. The molecular weight excluding hydrogens is 344 g/mol. The van der Waals surface area contributed by atoms with Gasteiger partial charge in [-0.3, -0.25) is 4.79 Å². The molecule has 0 fully saturated rings. The summed E-state index contributed by atoms with van der Waals surface area (Å²) in [5.41, 5.74) is 3.63. The number of imidazole rings is 1. The van der Waals surface area contributed by atoms with E-state index in [2.05, 4.69) is 27.9 Å². The lowest BCUT2D eigenvalue weighted by molar-refractivity contribution is -0.116.